The Hall–Kier alpha value is -2.26. The summed E-state index contributed by atoms with van der Waals surface area (Å²) >= 11 is 6.00. The van der Waals surface area contributed by atoms with Crippen molar-refractivity contribution in [3.05, 3.63) is 57.9 Å². The highest BCUT2D eigenvalue weighted by Crippen LogP contribution is 2.32. The second kappa shape index (κ2) is 3.62. The highest BCUT2D eigenvalue weighted by Gasteiger charge is 2.15. The highest BCUT2D eigenvalue weighted by molar-refractivity contribution is 6.31. The standard InChI is InChI=1S/C15H7ClO3/c16-8-5-6-12-10(7-8)14-13(15(17)19-12)9-3-1-2-4-11(9)18-14/h1-7H. The first kappa shape index (κ1) is 10.6. The quantitative estimate of drug-likeness (QED) is 0.446. The van der Waals surface area contributed by atoms with Gasteiger partial charge in [0.15, 0.2) is 5.58 Å². The van der Waals surface area contributed by atoms with E-state index in [2.05, 4.69) is 0 Å². The molecule has 0 radical (unpaired) electrons. The van der Waals surface area contributed by atoms with Gasteiger partial charge in [-0.15, -0.1) is 0 Å². The average molecular weight is 271 g/mol. The van der Waals surface area contributed by atoms with Gasteiger partial charge in [-0.1, -0.05) is 29.8 Å². The lowest BCUT2D eigenvalue weighted by atomic mass is 10.1. The molecule has 0 saturated heterocycles. The summed E-state index contributed by atoms with van der Waals surface area (Å²) in [6.45, 7) is 0. The van der Waals surface area contributed by atoms with Crippen molar-refractivity contribution in [1.29, 1.82) is 0 Å². The van der Waals surface area contributed by atoms with E-state index in [4.69, 9.17) is 20.4 Å². The van der Waals surface area contributed by atoms with Crippen LogP contribution in [0.3, 0.4) is 0 Å². The van der Waals surface area contributed by atoms with Crippen LogP contribution in [0.5, 0.6) is 0 Å². The summed E-state index contributed by atoms with van der Waals surface area (Å²) in [6.07, 6.45) is 0. The van der Waals surface area contributed by atoms with Gasteiger partial charge in [0.1, 0.15) is 16.6 Å². The molecule has 19 heavy (non-hydrogen) atoms. The van der Waals surface area contributed by atoms with Gasteiger partial charge in [0.05, 0.1) is 5.39 Å². The zero-order chi connectivity index (χ0) is 13.0. The van der Waals surface area contributed by atoms with Gasteiger partial charge in [0.25, 0.3) is 0 Å². The van der Waals surface area contributed by atoms with Gasteiger partial charge in [-0.05, 0) is 24.3 Å². The van der Waals surface area contributed by atoms with E-state index in [1.807, 2.05) is 24.3 Å². The molecular weight excluding hydrogens is 264 g/mol. The molecule has 2 aromatic heterocycles. The van der Waals surface area contributed by atoms with Crippen molar-refractivity contribution in [3.8, 4) is 0 Å². The summed E-state index contributed by atoms with van der Waals surface area (Å²) in [5.74, 6) is 0. The molecule has 0 unspecified atom stereocenters. The lowest BCUT2D eigenvalue weighted by Gasteiger charge is -1.97. The van der Waals surface area contributed by atoms with Crippen LogP contribution < -0.4 is 5.63 Å². The third kappa shape index (κ3) is 1.42. The molecular formula is C15H7ClO3. The number of furan rings is 1. The monoisotopic (exact) mass is 270 g/mol. The number of hydrogen-bond donors (Lipinski definition) is 0. The van der Waals surface area contributed by atoms with E-state index in [1.165, 1.54) is 0 Å². The van der Waals surface area contributed by atoms with Crippen LogP contribution in [0.2, 0.25) is 5.02 Å². The third-order valence-corrected chi connectivity index (χ3v) is 3.42. The summed E-state index contributed by atoms with van der Waals surface area (Å²) in [4.78, 5) is 12.1. The molecule has 0 atom stereocenters. The van der Waals surface area contributed by atoms with Crippen molar-refractivity contribution in [1.82, 2.24) is 0 Å². The Morgan fingerprint density at radius 3 is 2.58 bits per heavy atom. The Morgan fingerprint density at radius 1 is 0.895 bits per heavy atom. The number of hydrogen-bond acceptors (Lipinski definition) is 3. The molecule has 4 aromatic rings. The number of para-hydroxylation sites is 1. The van der Waals surface area contributed by atoms with Crippen LogP contribution in [-0.4, -0.2) is 0 Å². The third-order valence-electron chi connectivity index (χ3n) is 3.19. The van der Waals surface area contributed by atoms with E-state index in [9.17, 15) is 4.79 Å². The predicted octanol–water partition coefficient (Wildman–Crippen LogP) is 4.35. The van der Waals surface area contributed by atoms with Gasteiger partial charge in [-0.3, -0.25) is 0 Å². The van der Waals surface area contributed by atoms with E-state index in [0.29, 0.717) is 32.5 Å². The molecule has 0 fully saturated rings. The minimum Gasteiger partial charge on any atom is -0.455 e. The van der Waals surface area contributed by atoms with E-state index in [0.717, 1.165) is 5.39 Å². The van der Waals surface area contributed by atoms with Crippen LogP contribution in [0, 0.1) is 0 Å². The smallest absolute Gasteiger partial charge is 0.348 e. The van der Waals surface area contributed by atoms with Crippen LogP contribution in [0.25, 0.3) is 32.9 Å². The molecule has 0 aliphatic carbocycles. The van der Waals surface area contributed by atoms with Crippen molar-refractivity contribution < 1.29 is 8.83 Å². The fraction of sp³-hybridized carbons (Fsp3) is 0. The second-order valence-corrected chi connectivity index (χ2v) is 4.77. The van der Waals surface area contributed by atoms with Gasteiger partial charge >= 0.3 is 5.63 Å². The zero-order valence-corrected chi connectivity index (χ0v) is 10.4. The minimum absolute atomic E-state index is 0.394. The van der Waals surface area contributed by atoms with Crippen LogP contribution >= 0.6 is 11.6 Å². The lowest BCUT2D eigenvalue weighted by Crippen LogP contribution is -1.97. The van der Waals surface area contributed by atoms with Gasteiger partial charge in [0, 0.05) is 10.4 Å². The van der Waals surface area contributed by atoms with E-state index < -0.39 is 5.63 Å². The second-order valence-electron chi connectivity index (χ2n) is 4.33. The Balaban J connectivity index is 2.39. The number of halogens is 1. The molecule has 0 bridgehead atoms. The Kier molecular flexibility index (Phi) is 2.03. The highest BCUT2D eigenvalue weighted by atomic mass is 35.5. The van der Waals surface area contributed by atoms with Crippen LogP contribution in [-0.2, 0) is 0 Å². The molecule has 0 spiro atoms. The van der Waals surface area contributed by atoms with Gasteiger partial charge in [0.2, 0.25) is 0 Å². The predicted molar refractivity (Wildman–Crippen MR) is 74.8 cm³/mol. The summed E-state index contributed by atoms with van der Waals surface area (Å²) in [6, 6.07) is 12.5. The number of benzene rings is 2. The fourth-order valence-electron chi connectivity index (χ4n) is 2.36. The topological polar surface area (TPSA) is 43.4 Å². The molecule has 2 aromatic carbocycles. The van der Waals surface area contributed by atoms with Crippen molar-refractivity contribution in [2.24, 2.45) is 0 Å². The molecule has 4 heteroatoms. The largest absolute Gasteiger partial charge is 0.455 e. The summed E-state index contributed by atoms with van der Waals surface area (Å²) in [7, 11) is 0. The fourth-order valence-corrected chi connectivity index (χ4v) is 2.53. The first-order valence-corrected chi connectivity index (χ1v) is 6.15. The maximum Gasteiger partial charge on any atom is 0.348 e. The molecule has 92 valence electrons. The van der Waals surface area contributed by atoms with E-state index >= 15 is 0 Å². The maximum atomic E-state index is 12.1. The molecule has 0 aliphatic rings. The summed E-state index contributed by atoms with van der Waals surface area (Å²) in [5.41, 5.74) is 1.27. The van der Waals surface area contributed by atoms with Gasteiger partial charge in [-0.2, -0.15) is 0 Å². The van der Waals surface area contributed by atoms with Crippen LogP contribution in [0.4, 0.5) is 0 Å². The summed E-state index contributed by atoms with van der Waals surface area (Å²) in [5, 5.41) is 2.50. The molecule has 2 heterocycles. The normalized spacial score (nSPS) is 11.6. The average Bonchev–Trinajstić information content (AvgIpc) is 2.80. The molecule has 0 aliphatic heterocycles. The molecule has 0 N–H and O–H groups in total. The maximum absolute atomic E-state index is 12.1. The Morgan fingerprint density at radius 2 is 1.68 bits per heavy atom. The first-order chi connectivity index (χ1) is 9.24. The molecule has 3 nitrogen and oxygen atoms in total. The van der Waals surface area contributed by atoms with Crippen molar-refractivity contribution in [2.45, 2.75) is 0 Å². The van der Waals surface area contributed by atoms with Crippen molar-refractivity contribution in [3.63, 3.8) is 0 Å². The molecule has 0 amide bonds. The Bertz CT molecular complexity index is 995. The van der Waals surface area contributed by atoms with Crippen LogP contribution in [0.1, 0.15) is 0 Å². The van der Waals surface area contributed by atoms with Crippen molar-refractivity contribution >= 4 is 44.5 Å². The first-order valence-electron chi connectivity index (χ1n) is 5.77. The number of fused-ring (bicyclic) bond motifs is 5. The SMILES string of the molecule is O=c1oc2ccc(Cl)cc2c2oc3ccccc3c12. The molecule has 4 rings (SSSR count). The van der Waals surface area contributed by atoms with Gasteiger partial charge in [-0.25, -0.2) is 4.79 Å². The van der Waals surface area contributed by atoms with Crippen molar-refractivity contribution in [2.75, 3.05) is 0 Å². The summed E-state index contributed by atoms with van der Waals surface area (Å²) < 4.78 is 11.1. The Labute approximate surface area is 112 Å². The zero-order valence-electron chi connectivity index (χ0n) is 9.64. The van der Waals surface area contributed by atoms with Gasteiger partial charge < -0.3 is 8.83 Å². The molecule has 0 saturated carbocycles. The number of rotatable bonds is 0. The van der Waals surface area contributed by atoms with E-state index in [1.54, 1.807) is 18.2 Å². The van der Waals surface area contributed by atoms with E-state index in [-0.39, 0.29) is 0 Å². The minimum atomic E-state index is -0.394. The lowest BCUT2D eigenvalue weighted by molar-refractivity contribution is 0.567. The van der Waals surface area contributed by atoms with Crippen LogP contribution in [0.15, 0.2) is 56.1 Å².